The molecule has 1 N–H and O–H groups in total. The van der Waals surface area contributed by atoms with Crippen molar-refractivity contribution >= 4 is 0 Å². The van der Waals surface area contributed by atoms with E-state index in [1.807, 2.05) is 20.4 Å². The maximum Gasteiger partial charge on any atom is 0.0809 e. The standard InChI is InChI=1S/C15H27N3O/c1-4-18-13(10-11-17-18)14(16-2)15(19-3)12-8-6-5-7-9-12/h10-12,14-16H,4-9H2,1-3H3. The molecule has 0 radical (unpaired) electrons. The van der Waals surface area contributed by atoms with Gasteiger partial charge in [-0.05, 0) is 38.8 Å². The van der Waals surface area contributed by atoms with E-state index in [1.165, 1.54) is 37.8 Å². The lowest BCUT2D eigenvalue weighted by atomic mass is 9.82. The lowest BCUT2D eigenvalue weighted by Gasteiger charge is -2.35. The topological polar surface area (TPSA) is 39.1 Å². The minimum Gasteiger partial charge on any atom is -0.379 e. The van der Waals surface area contributed by atoms with Crippen LogP contribution in [0.25, 0.3) is 0 Å². The Morgan fingerprint density at radius 3 is 2.74 bits per heavy atom. The highest BCUT2D eigenvalue weighted by Gasteiger charge is 2.32. The second kappa shape index (κ2) is 7.06. The van der Waals surface area contributed by atoms with E-state index in [9.17, 15) is 0 Å². The first kappa shape index (κ1) is 14.5. The molecule has 1 saturated carbocycles. The van der Waals surface area contributed by atoms with Crippen LogP contribution in [0.2, 0.25) is 0 Å². The molecule has 19 heavy (non-hydrogen) atoms. The van der Waals surface area contributed by atoms with E-state index in [1.54, 1.807) is 0 Å². The molecule has 1 fully saturated rings. The van der Waals surface area contributed by atoms with Crippen molar-refractivity contribution in [3.05, 3.63) is 18.0 Å². The van der Waals surface area contributed by atoms with Crippen molar-refractivity contribution in [3.63, 3.8) is 0 Å². The largest absolute Gasteiger partial charge is 0.379 e. The van der Waals surface area contributed by atoms with Crippen LogP contribution in [-0.2, 0) is 11.3 Å². The molecule has 0 bridgehead atoms. The molecule has 0 amide bonds. The normalized spacial score (nSPS) is 20.4. The highest BCUT2D eigenvalue weighted by Crippen LogP contribution is 2.33. The van der Waals surface area contributed by atoms with Crippen LogP contribution >= 0.6 is 0 Å². The van der Waals surface area contributed by atoms with Gasteiger partial charge in [0.1, 0.15) is 0 Å². The van der Waals surface area contributed by atoms with E-state index in [0.29, 0.717) is 5.92 Å². The van der Waals surface area contributed by atoms with Crippen molar-refractivity contribution < 1.29 is 4.74 Å². The number of ether oxygens (including phenoxy) is 1. The molecule has 2 unspecified atom stereocenters. The van der Waals surface area contributed by atoms with Gasteiger partial charge in [-0.15, -0.1) is 0 Å². The number of rotatable bonds is 6. The predicted octanol–water partition coefficient (Wildman–Crippen LogP) is 2.76. The number of aromatic nitrogens is 2. The zero-order valence-corrected chi connectivity index (χ0v) is 12.4. The summed E-state index contributed by atoms with van der Waals surface area (Å²) in [5.41, 5.74) is 1.24. The fraction of sp³-hybridized carbons (Fsp3) is 0.800. The summed E-state index contributed by atoms with van der Waals surface area (Å²) in [6.45, 7) is 3.03. The van der Waals surface area contributed by atoms with Crippen molar-refractivity contribution in [2.45, 2.75) is 57.7 Å². The maximum atomic E-state index is 5.86. The molecule has 1 aromatic rings. The van der Waals surface area contributed by atoms with E-state index in [2.05, 4.69) is 28.1 Å². The number of hydrogen-bond acceptors (Lipinski definition) is 3. The van der Waals surface area contributed by atoms with Crippen LogP contribution in [0.1, 0.15) is 50.8 Å². The van der Waals surface area contributed by atoms with Crippen molar-refractivity contribution in [3.8, 4) is 0 Å². The van der Waals surface area contributed by atoms with Gasteiger partial charge in [-0.2, -0.15) is 5.10 Å². The first-order valence-corrected chi connectivity index (χ1v) is 7.53. The first-order chi connectivity index (χ1) is 9.31. The molecule has 0 aromatic carbocycles. The third-order valence-electron chi connectivity index (χ3n) is 4.39. The Bertz CT molecular complexity index is 371. The number of likely N-dealkylation sites (N-methyl/N-ethyl adjacent to an activating group) is 1. The first-order valence-electron chi connectivity index (χ1n) is 7.53. The Hall–Kier alpha value is -0.870. The van der Waals surface area contributed by atoms with Crippen molar-refractivity contribution in [2.75, 3.05) is 14.2 Å². The van der Waals surface area contributed by atoms with Crippen molar-refractivity contribution in [1.29, 1.82) is 0 Å². The number of methoxy groups -OCH3 is 1. The molecule has 4 nitrogen and oxygen atoms in total. The SMILES string of the molecule is CCn1nccc1C(NC)C(OC)C1CCCCC1. The quantitative estimate of drug-likeness (QED) is 0.859. The molecule has 0 spiro atoms. The Balaban J connectivity index is 2.18. The minimum absolute atomic E-state index is 0.232. The van der Waals surface area contributed by atoms with Gasteiger partial charge in [-0.1, -0.05) is 19.3 Å². The smallest absolute Gasteiger partial charge is 0.0809 e. The van der Waals surface area contributed by atoms with Crippen LogP contribution in [0.5, 0.6) is 0 Å². The fourth-order valence-electron chi connectivity index (χ4n) is 3.42. The molecular weight excluding hydrogens is 238 g/mol. The molecule has 1 aliphatic carbocycles. The molecule has 108 valence electrons. The fourth-order valence-corrected chi connectivity index (χ4v) is 3.42. The summed E-state index contributed by atoms with van der Waals surface area (Å²) >= 11 is 0. The molecule has 1 aliphatic rings. The third kappa shape index (κ3) is 3.18. The summed E-state index contributed by atoms with van der Waals surface area (Å²) in [7, 11) is 3.86. The number of hydrogen-bond donors (Lipinski definition) is 1. The van der Waals surface area contributed by atoms with Gasteiger partial charge in [-0.3, -0.25) is 4.68 Å². The van der Waals surface area contributed by atoms with Gasteiger partial charge in [0.25, 0.3) is 0 Å². The second-order valence-corrected chi connectivity index (χ2v) is 5.44. The average molecular weight is 265 g/mol. The van der Waals surface area contributed by atoms with Gasteiger partial charge in [-0.25, -0.2) is 0 Å². The minimum atomic E-state index is 0.232. The van der Waals surface area contributed by atoms with Gasteiger partial charge >= 0.3 is 0 Å². The molecule has 2 rings (SSSR count). The maximum absolute atomic E-state index is 5.86. The Kier molecular flexibility index (Phi) is 5.40. The summed E-state index contributed by atoms with van der Waals surface area (Å²) in [4.78, 5) is 0. The Labute approximate surface area is 116 Å². The summed E-state index contributed by atoms with van der Waals surface area (Å²) in [5.74, 6) is 0.663. The van der Waals surface area contributed by atoms with Crippen LogP contribution in [0.15, 0.2) is 12.3 Å². The van der Waals surface area contributed by atoms with Crippen molar-refractivity contribution in [1.82, 2.24) is 15.1 Å². The second-order valence-electron chi connectivity index (χ2n) is 5.44. The molecule has 1 heterocycles. The molecule has 2 atom stereocenters. The highest BCUT2D eigenvalue weighted by atomic mass is 16.5. The average Bonchev–Trinajstić information content (AvgIpc) is 2.93. The summed E-state index contributed by atoms with van der Waals surface area (Å²) in [5, 5.41) is 7.83. The van der Waals surface area contributed by atoms with Gasteiger partial charge < -0.3 is 10.1 Å². The third-order valence-corrected chi connectivity index (χ3v) is 4.39. The molecule has 0 aliphatic heterocycles. The summed E-state index contributed by atoms with van der Waals surface area (Å²) < 4.78 is 7.93. The van der Waals surface area contributed by atoms with Gasteiger partial charge in [0.15, 0.2) is 0 Å². The molecule has 1 aromatic heterocycles. The van der Waals surface area contributed by atoms with Crippen molar-refractivity contribution in [2.24, 2.45) is 5.92 Å². The number of aryl methyl sites for hydroxylation is 1. The van der Waals surface area contributed by atoms with Crippen LogP contribution in [0.4, 0.5) is 0 Å². The predicted molar refractivity (Wildman–Crippen MR) is 77.1 cm³/mol. The number of nitrogens with one attached hydrogen (secondary N) is 1. The summed E-state index contributed by atoms with van der Waals surface area (Å²) in [6, 6.07) is 2.34. The monoisotopic (exact) mass is 265 g/mol. The van der Waals surface area contributed by atoms with E-state index in [0.717, 1.165) is 6.54 Å². The van der Waals surface area contributed by atoms with Gasteiger partial charge in [0.2, 0.25) is 0 Å². The van der Waals surface area contributed by atoms with Crippen LogP contribution in [0.3, 0.4) is 0 Å². The molecule has 0 saturated heterocycles. The Morgan fingerprint density at radius 1 is 1.42 bits per heavy atom. The van der Waals surface area contributed by atoms with Crippen LogP contribution in [0, 0.1) is 5.92 Å². The van der Waals surface area contributed by atoms with Gasteiger partial charge in [0, 0.05) is 19.9 Å². The zero-order valence-electron chi connectivity index (χ0n) is 12.4. The lowest BCUT2D eigenvalue weighted by molar-refractivity contribution is 0.00731. The molecule has 4 heteroatoms. The van der Waals surface area contributed by atoms with E-state index < -0.39 is 0 Å². The van der Waals surface area contributed by atoms with E-state index in [4.69, 9.17) is 4.74 Å². The van der Waals surface area contributed by atoms with Crippen LogP contribution < -0.4 is 5.32 Å². The summed E-state index contributed by atoms with van der Waals surface area (Å²) in [6.07, 6.45) is 8.77. The van der Waals surface area contributed by atoms with Gasteiger partial charge in [0.05, 0.1) is 17.8 Å². The van der Waals surface area contributed by atoms with E-state index >= 15 is 0 Å². The van der Waals surface area contributed by atoms with Crippen LogP contribution in [-0.4, -0.2) is 30.0 Å². The zero-order chi connectivity index (χ0) is 13.7. The highest BCUT2D eigenvalue weighted by molar-refractivity contribution is 5.10. The lowest BCUT2D eigenvalue weighted by Crippen LogP contribution is -2.38. The number of nitrogens with zero attached hydrogens (tertiary/aromatic N) is 2. The molecular formula is C15H27N3O. The Morgan fingerprint density at radius 2 is 2.16 bits per heavy atom. The van der Waals surface area contributed by atoms with E-state index in [-0.39, 0.29) is 12.1 Å².